The molecule has 0 saturated heterocycles. The van der Waals surface area contributed by atoms with Crippen LogP contribution in [0.2, 0.25) is 0 Å². The van der Waals surface area contributed by atoms with Crippen LogP contribution < -0.4 is 10.5 Å². The Kier molecular flexibility index (Phi) is 3.31. The molecule has 3 nitrogen and oxygen atoms in total. The van der Waals surface area contributed by atoms with Gasteiger partial charge < -0.3 is 15.6 Å². The molecule has 0 saturated carbocycles. The summed E-state index contributed by atoms with van der Waals surface area (Å²) >= 11 is 1.67. The molecule has 3 N–H and O–H groups in total. The standard InChI is InChI=1S/C12H13NO2S/c13-12-10(14)2-1-3-11(12)15-6-4-9-5-7-16-8-9/h1-3,5,7-8,14H,4,6,13H2. The average molecular weight is 235 g/mol. The first-order chi connectivity index (χ1) is 7.77. The summed E-state index contributed by atoms with van der Waals surface area (Å²) < 4.78 is 5.51. The third-order valence-corrected chi connectivity index (χ3v) is 3.00. The van der Waals surface area contributed by atoms with E-state index < -0.39 is 0 Å². The highest BCUT2D eigenvalue weighted by Gasteiger charge is 2.04. The van der Waals surface area contributed by atoms with Crippen molar-refractivity contribution < 1.29 is 9.84 Å². The molecule has 4 heteroatoms. The van der Waals surface area contributed by atoms with Gasteiger partial charge in [0.25, 0.3) is 0 Å². The lowest BCUT2D eigenvalue weighted by atomic mass is 10.2. The van der Waals surface area contributed by atoms with Crippen LogP contribution in [0.15, 0.2) is 35.0 Å². The van der Waals surface area contributed by atoms with Gasteiger partial charge in [-0.05, 0) is 34.5 Å². The van der Waals surface area contributed by atoms with Crippen molar-refractivity contribution in [3.63, 3.8) is 0 Å². The van der Waals surface area contributed by atoms with E-state index in [1.807, 2.05) is 5.38 Å². The second-order valence-electron chi connectivity index (χ2n) is 3.42. The Morgan fingerprint density at radius 2 is 2.19 bits per heavy atom. The van der Waals surface area contributed by atoms with Gasteiger partial charge in [0.1, 0.15) is 17.2 Å². The molecule has 1 aromatic heterocycles. The second kappa shape index (κ2) is 4.90. The predicted molar refractivity (Wildman–Crippen MR) is 66.0 cm³/mol. The zero-order valence-corrected chi connectivity index (χ0v) is 9.54. The maximum absolute atomic E-state index is 9.38. The van der Waals surface area contributed by atoms with E-state index in [1.165, 1.54) is 5.56 Å². The summed E-state index contributed by atoms with van der Waals surface area (Å²) in [6.07, 6.45) is 0.846. The number of phenolic OH excluding ortho intramolecular Hbond substituents is 1. The highest BCUT2D eigenvalue weighted by Crippen LogP contribution is 2.29. The Bertz CT molecular complexity index is 454. The van der Waals surface area contributed by atoms with E-state index in [9.17, 15) is 5.11 Å². The van der Waals surface area contributed by atoms with E-state index in [-0.39, 0.29) is 5.75 Å². The molecule has 0 bridgehead atoms. The van der Waals surface area contributed by atoms with Gasteiger partial charge in [0, 0.05) is 6.42 Å². The molecule has 1 aromatic carbocycles. The lowest BCUT2D eigenvalue weighted by Crippen LogP contribution is -2.02. The Labute approximate surface area is 98.1 Å². The van der Waals surface area contributed by atoms with Gasteiger partial charge in [-0.1, -0.05) is 6.07 Å². The molecule has 0 atom stereocenters. The minimum Gasteiger partial charge on any atom is -0.506 e. The number of ether oxygens (including phenoxy) is 1. The maximum Gasteiger partial charge on any atom is 0.146 e. The van der Waals surface area contributed by atoms with E-state index in [2.05, 4.69) is 11.4 Å². The number of benzene rings is 1. The first-order valence-electron chi connectivity index (χ1n) is 4.98. The Hall–Kier alpha value is -1.68. The Morgan fingerprint density at radius 1 is 1.31 bits per heavy atom. The van der Waals surface area contributed by atoms with Crippen LogP contribution in [-0.2, 0) is 6.42 Å². The van der Waals surface area contributed by atoms with Crippen molar-refractivity contribution in [3.05, 3.63) is 40.6 Å². The van der Waals surface area contributed by atoms with Crippen molar-refractivity contribution >= 4 is 17.0 Å². The normalized spacial score (nSPS) is 10.2. The Balaban J connectivity index is 1.92. The lowest BCUT2D eigenvalue weighted by molar-refractivity contribution is 0.322. The van der Waals surface area contributed by atoms with Crippen LogP contribution in [0, 0.1) is 0 Å². The molecule has 0 aliphatic carbocycles. The number of phenols is 1. The largest absolute Gasteiger partial charge is 0.506 e. The smallest absolute Gasteiger partial charge is 0.146 e. The molecule has 0 fully saturated rings. The quantitative estimate of drug-likeness (QED) is 0.632. The predicted octanol–water partition coefficient (Wildman–Crippen LogP) is 2.66. The third-order valence-electron chi connectivity index (χ3n) is 2.27. The second-order valence-corrected chi connectivity index (χ2v) is 4.20. The van der Waals surface area contributed by atoms with Crippen molar-refractivity contribution in [1.82, 2.24) is 0 Å². The first-order valence-corrected chi connectivity index (χ1v) is 5.93. The van der Waals surface area contributed by atoms with Gasteiger partial charge in [-0.2, -0.15) is 11.3 Å². The molecule has 16 heavy (non-hydrogen) atoms. The highest BCUT2D eigenvalue weighted by atomic mass is 32.1. The van der Waals surface area contributed by atoms with Crippen molar-refractivity contribution in [2.45, 2.75) is 6.42 Å². The molecule has 1 heterocycles. The van der Waals surface area contributed by atoms with Gasteiger partial charge in [0.2, 0.25) is 0 Å². The van der Waals surface area contributed by atoms with Crippen LogP contribution in [0.25, 0.3) is 0 Å². The van der Waals surface area contributed by atoms with Crippen molar-refractivity contribution in [2.24, 2.45) is 0 Å². The Morgan fingerprint density at radius 3 is 2.94 bits per heavy atom. The SMILES string of the molecule is Nc1c(O)cccc1OCCc1ccsc1. The zero-order valence-electron chi connectivity index (χ0n) is 8.72. The number of thiophene rings is 1. The molecule has 0 radical (unpaired) electrons. The first kappa shape index (κ1) is 10.8. The van der Waals surface area contributed by atoms with E-state index in [4.69, 9.17) is 10.5 Å². The van der Waals surface area contributed by atoms with Gasteiger partial charge in [0.15, 0.2) is 0 Å². The summed E-state index contributed by atoms with van der Waals surface area (Å²) in [6.45, 7) is 0.560. The molecule has 0 aliphatic rings. The summed E-state index contributed by atoms with van der Waals surface area (Å²) in [6, 6.07) is 7.08. The van der Waals surface area contributed by atoms with Crippen molar-refractivity contribution in [1.29, 1.82) is 0 Å². The molecule has 2 rings (SSSR count). The van der Waals surface area contributed by atoms with E-state index in [0.29, 0.717) is 18.0 Å². The van der Waals surface area contributed by atoms with E-state index in [0.717, 1.165) is 6.42 Å². The van der Waals surface area contributed by atoms with Gasteiger partial charge in [-0.25, -0.2) is 0 Å². The molecule has 2 aromatic rings. The number of anilines is 1. The molecule has 0 unspecified atom stereocenters. The highest BCUT2D eigenvalue weighted by molar-refractivity contribution is 7.07. The fourth-order valence-electron chi connectivity index (χ4n) is 1.37. The van der Waals surface area contributed by atoms with Crippen molar-refractivity contribution in [3.8, 4) is 11.5 Å². The van der Waals surface area contributed by atoms with Crippen LogP contribution >= 0.6 is 11.3 Å². The maximum atomic E-state index is 9.38. The molecular weight excluding hydrogens is 222 g/mol. The fraction of sp³-hybridized carbons (Fsp3) is 0.167. The number of nitrogens with two attached hydrogens (primary N) is 1. The van der Waals surface area contributed by atoms with Gasteiger partial charge in [-0.15, -0.1) is 0 Å². The zero-order chi connectivity index (χ0) is 11.4. The topological polar surface area (TPSA) is 55.5 Å². The number of aromatic hydroxyl groups is 1. The van der Waals surface area contributed by atoms with E-state index >= 15 is 0 Å². The summed E-state index contributed by atoms with van der Waals surface area (Å²) in [5.41, 5.74) is 7.22. The fourth-order valence-corrected chi connectivity index (χ4v) is 2.08. The van der Waals surface area contributed by atoms with Crippen LogP contribution in [0.5, 0.6) is 11.5 Å². The summed E-state index contributed by atoms with van der Waals surface area (Å²) in [4.78, 5) is 0. The van der Waals surface area contributed by atoms with Gasteiger partial charge >= 0.3 is 0 Å². The van der Waals surface area contributed by atoms with Gasteiger partial charge in [0.05, 0.1) is 6.61 Å². The van der Waals surface area contributed by atoms with Crippen molar-refractivity contribution in [2.75, 3.05) is 12.3 Å². The third kappa shape index (κ3) is 2.46. The number of hydrogen-bond donors (Lipinski definition) is 2. The van der Waals surface area contributed by atoms with Crippen LogP contribution in [0.1, 0.15) is 5.56 Å². The molecule has 84 valence electrons. The number of nitrogen functional groups attached to an aromatic ring is 1. The summed E-state index contributed by atoms with van der Waals surface area (Å²) in [7, 11) is 0. The van der Waals surface area contributed by atoms with Crippen LogP contribution in [0.3, 0.4) is 0 Å². The number of para-hydroxylation sites is 1. The minimum atomic E-state index is 0.0630. The lowest BCUT2D eigenvalue weighted by Gasteiger charge is -2.08. The molecule has 0 amide bonds. The molecule has 0 aliphatic heterocycles. The molecule has 0 spiro atoms. The van der Waals surface area contributed by atoms with Gasteiger partial charge in [-0.3, -0.25) is 0 Å². The van der Waals surface area contributed by atoms with Crippen LogP contribution in [-0.4, -0.2) is 11.7 Å². The van der Waals surface area contributed by atoms with Crippen LogP contribution in [0.4, 0.5) is 5.69 Å². The number of hydrogen-bond acceptors (Lipinski definition) is 4. The summed E-state index contributed by atoms with van der Waals surface area (Å²) in [5.74, 6) is 0.600. The summed E-state index contributed by atoms with van der Waals surface area (Å²) in [5, 5.41) is 13.5. The van der Waals surface area contributed by atoms with E-state index in [1.54, 1.807) is 29.5 Å². The minimum absolute atomic E-state index is 0.0630. The monoisotopic (exact) mass is 235 g/mol. The average Bonchev–Trinajstić information content (AvgIpc) is 2.77. The number of rotatable bonds is 4. The molecular formula is C12H13NO2S.